The number of nitrogens with zero attached hydrogens (tertiary/aromatic N) is 1. The van der Waals surface area contributed by atoms with E-state index in [-0.39, 0.29) is 35.7 Å². The second-order valence-electron chi connectivity index (χ2n) is 6.50. The lowest BCUT2D eigenvalue weighted by molar-refractivity contribution is 0.0918. The molecule has 5 nitrogen and oxygen atoms in total. The van der Waals surface area contributed by atoms with E-state index in [1.807, 2.05) is 11.5 Å². The maximum Gasteiger partial charge on any atom is 0.202 e. The zero-order valence-corrected chi connectivity index (χ0v) is 16.9. The first-order valence-electron chi connectivity index (χ1n) is 8.18. The fourth-order valence-corrected chi connectivity index (χ4v) is 5.45. The van der Waals surface area contributed by atoms with Gasteiger partial charge >= 0.3 is 0 Å². The Labute approximate surface area is 160 Å². The number of carbonyl (C=O) groups is 1. The molecule has 1 aliphatic rings. The normalized spacial score (nSPS) is 18.8. The molecule has 1 fully saturated rings. The molecule has 2 heterocycles. The van der Waals surface area contributed by atoms with Gasteiger partial charge in [0.05, 0.1) is 11.5 Å². The van der Waals surface area contributed by atoms with Crippen molar-refractivity contribution in [3.63, 3.8) is 0 Å². The lowest BCUT2D eigenvalue weighted by atomic mass is 10.1. The fourth-order valence-electron chi connectivity index (χ4n) is 3.41. The minimum atomic E-state index is -3.02. The standard InChI is InChI=1S/C18H19BrFNO4S/c1-11-7-15(12(2)21(11)14-5-6-26(23,24)10-14)17(22)9-25-18-4-3-13(19)8-16(18)20/h3-4,7-8,14H,5-6,9-10H2,1-2H3. The predicted octanol–water partition coefficient (Wildman–Crippen LogP) is 3.63. The number of aryl methyl sites for hydroxylation is 1. The number of sulfone groups is 1. The van der Waals surface area contributed by atoms with Crippen molar-refractivity contribution in [2.24, 2.45) is 0 Å². The summed E-state index contributed by atoms with van der Waals surface area (Å²) in [7, 11) is -3.02. The molecule has 1 aliphatic heterocycles. The van der Waals surface area contributed by atoms with Crippen molar-refractivity contribution in [2.75, 3.05) is 18.1 Å². The molecule has 1 unspecified atom stereocenters. The molecule has 26 heavy (non-hydrogen) atoms. The van der Waals surface area contributed by atoms with E-state index >= 15 is 0 Å². The molecule has 3 rings (SSSR count). The van der Waals surface area contributed by atoms with E-state index < -0.39 is 15.7 Å². The van der Waals surface area contributed by atoms with Gasteiger partial charge in [-0.3, -0.25) is 4.79 Å². The SMILES string of the molecule is Cc1cc(C(=O)COc2ccc(Br)cc2F)c(C)n1C1CCS(=O)(=O)C1. The number of ether oxygens (including phenoxy) is 1. The molecule has 1 saturated heterocycles. The summed E-state index contributed by atoms with van der Waals surface area (Å²) < 4.78 is 45.1. The second kappa shape index (κ2) is 7.15. The lowest BCUT2D eigenvalue weighted by Crippen LogP contribution is -2.16. The van der Waals surface area contributed by atoms with Crippen molar-refractivity contribution in [1.29, 1.82) is 0 Å². The van der Waals surface area contributed by atoms with Crippen molar-refractivity contribution in [3.8, 4) is 5.75 Å². The number of hydrogen-bond acceptors (Lipinski definition) is 4. The van der Waals surface area contributed by atoms with Gasteiger partial charge < -0.3 is 9.30 Å². The monoisotopic (exact) mass is 443 g/mol. The van der Waals surface area contributed by atoms with E-state index in [2.05, 4.69) is 15.9 Å². The Bertz CT molecular complexity index is 968. The van der Waals surface area contributed by atoms with Crippen LogP contribution in [-0.4, -0.2) is 36.9 Å². The van der Waals surface area contributed by atoms with Crippen LogP contribution in [0.5, 0.6) is 5.75 Å². The van der Waals surface area contributed by atoms with Crippen molar-refractivity contribution >= 4 is 31.6 Å². The van der Waals surface area contributed by atoms with Crippen LogP contribution in [-0.2, 0) is 9.84 Å². The zero-order chi connectivity index (χ0) is 19.1. The molecular weight excluding hydrogens is 425 g/mol. The van der Waals surface area contributed by atoms with Crippen LogP contribution in [0.4, 0.5) is 4.39 Å². The highest BCUT2D eigenvalue weighted by atomic mass is 79.9. The van der Waals surface area contributed by atoms with Gasteiger partial charge in [-0.25, -0.2) is 12.8 Å². The van der Waals surface area contributed by atoms with Gasteiger partial charge in [0, 0.05) is 27.5 Å². The summed E-state index contributed by atoms with van der Waals surface area (Å²) in [6.45, 7) is 3.36. The zero-order valence-electron chi connectivity index (χ0n) is 14.5. The highest BCUT2D eigenvalue weighted by molar-refractivity contribution is 9.10. The van der Waals surface area contributed by atoms with Crippen LogP contribution in [0, 0.1) is 19.7 Å². The van der Waals surface area contributed by atoms with E-state index in [1.54, 1.807) is 19.1 Å². The summed E-state index contributed by atoms with van der Waals surface area (Å²) >= 11 is 3.17. The summed E-state index contributed by atoms with van der Waals surface area (Å²) in [5.74, 6) is -0.541. The molecule has 0 spiro atoms. The topological polar surface area (TPSA) is 65.4 Å². The van der Waals surface area contributed by atoms with E-state index in [9.17, 15) is 17.6 Å². The number of carbonyl (C=O) groups excluding carboxylic acids is 1. The third kappa shape index (κ3) is 3.86. The van der Waals surface area contributed by atoms with E-state index in [1.165, 1.54) is 12.1 Å². The molecule has 0 amide bonds. The van der Waals surface area contributed by atoms with Gasteiger partial charge in [0.25, 0.3) is 0 Å². The molecule has 140 valence electrons. The molecule has 8 heteroatoms. The summed E-state index contributed by atoms with van der Waals surface area (Å²) in [4.78, 5) is 12.5. The van der Waals surface area contributed by atoms with Crippen molar-refractivity contribution < 1.29 is 22.3 Å². The lowest BCUT2D eigenvalue weighted by Gasteiger charge is -2.16. The van der Waals surface area contributed by atoms with Gasteiger partial charge in [-0.05, 0) is 44.5 Å². The van der Waals surface area contributed by atoms with Crippen molar-refractivity contribution in [1.82, 2.24) is 4.57 Å². The summed E-state index contributed by atoms with van der Waals surface area (Å²) in [5.41, 5.74) is 2.03. The molecule has 1 atom stereocenters. The van der Waals surface area contributed by atoms with Crippen LogP contribution in [0.2, 0.25) is 0 Å². The van der Waals surface area contributed by atoms with E-state index in [0.29, 0.717) is 16.5 Å². The minimum absolute atomic E-state index is 0.0113. The molecule has 1 aromatic carbocycles. The Morgan fingerprint density at radius 3 is 2.69 bits per heavy atom. The number of ketones is 1. The number of hydrogen-bond donors (Lipinski definition) is 0. The van der Waals surface area contributed by atoms with Crippen LogP contribution in [0.15, 0.2) is 28.7 Å². The van der Waals surface area contributed by atoms with Gasteiger partial charge in [-0.15, -0.1) is 0 Å². The minimum Gasteiger partial charge on any atom is -0.482 e. The third-order valence-corrected chi connectivity index (χ3v) is 6.85. The van der Waals surface area contributed by atoms with Crippen LogP contribution in [0.1, 0.15) is 34.2 Å². The quantitative estimate of drug-likeness (QED) is 0.661. The smallest absolute Gasteiger partial charge is 0.202 e. The van der Waals surface area contributed by atoms with Crippen LogP contribution >= 0.6 is 15.9 Å². The van der Waals surface area contributed by atoms with Crippen molar-refractivity contribution in [3.05, 3.63) is 51.5 Å². The van der Waals surface area contributed by atoms with Crippen molar-refractivity contribution in [2.45, 2.75) is 26.3 Å². The molecular formula is C18H19BrFNO4S. The van der Waals surface area contributed by atoms with Crippen LogP contribution in [0.25, 0.3) is 0 Å². The highest BCUT2D eigenvalue weighted by Crippen LogP contribution is 2.29. The number of halogens is 2. The molecule has 0 N–H and O–H groups in total. The summed E-state index contributed by atoms with van der Waals surface area (Å²) in [6.07, 6.45) is 0.549. The number of Topliss-reactive ketones (excluding diaryl/α,β-unsaturated/α-hetero) is 1. The van der Waals surface area contributed by atoms with Crippen LogP contribution in [0.3, 0.4) is 0 Å². The highest BCUT2D eigenvalue weighted by Gasteiger charge is 2.31. The summed E-state index contributed by atoms with van der Waals surface area (Å²) in [5, 5.41) is 0. The van der Waals surface area contributed by atoms with Crippen LogP contribution < -0.4 is 4.74 Å². The number of aromatic nitrogens is 1. The fraction of sp³-hybridized carbons (Fsp3) is 0.389. The Morgan fingerprint density at radius 2 is 2.08 bits per heavy atom. The Kier molecular flexibility index (Phi) is 5.25. The molecule has 0 aliphatic carbocycles. The van der Waals surface area contributed by atoms with E-state index in [4.69, 9.17) is 4.74 Å². The largest absolute Gasteiger partial charge is 0.482 e. The number of rotatable bonds is 5. The Morgan fingerprint density at radius 1 is 1.35 bits per heavy atom. The van der Waals surface area contributed by atoms with E-state index in [0.717, 1.165) is 11.4 Å². The molecule has 0 bridgehead atoms. The first-order chi connectivity index (χ1) is 12.2. The van der Waals surface area contributed by atoms with Gasteiger partial charge in [0.1, 0.15) is 0 Å². The van der Waals surface area contributed by atoms with Gasteiger partial charge in [0.2, 0.25) is 5.78 Å². The number of benzene rings is 1. The molecule has 2 aromatic rings. The second-order valence-corrected chi connectivity index (χ2v) is 9.64. The maximum absolute atomic E-state index is 13.8. The maximum atomic E-state index is 13.8. The molecule has 1 aromatic heterocycles. The van der Waals surface area contributed by atoms with Gasteiger partial charge in [0.15, 0.2) is 28.0 Å². The summed E-state index contributed by atoms with van der Waals surface area (Å²) in [6, 6.07) is 5.96. The van der Waals surface area contributed by atoms with Gasteiger partial charge in [-0.1, -0.05) is 15.9 Å². The van der Waals surface area contributed by atoms with Gasteiger partial charge in [-0.2, -0.15) is 0 Å². The third-order valence-electron chi connectivity index (χ3n) is 4.61. The Balaban J connectivity index is 1.77. The predicted molar refractivity (Wildman–Crippen MR) is 100 cm³/mol. The molecule has 0 saturated carbocycles. The first kappa shape index (κ1) is 19.1. The average Bonchev–Trinajstić information content (AvgIpc) is 3.05. The Hall–Kier alpha value is -1.67. The average molecular weight is 444 g/mol. The molecule has 0 radical (unpaired) electrons. The first-order valence-corrected chi connectivity index (χ1v) is 10.8.